The van der Waals surface area contributed by atoms with E-state index in [4.69, 9.17) is 32.4 Å². The maximum absolute atomic E-state index is 6.04. The topological polar surface area (TPSA) is 172 Å². The molecule has 14 heteroatoms. The summed E-state index contributed by atoms with van der Waals surface area (Å²) in [5, 5.41) is 8.50. The third-order valence-electron chi connectivity index (χ3n) is 12.2. The van der Waals surface area contributed by atoms with Gasteiger partial charge in [-0.3, -0.25) is 4.99 Å². The first-order chi connectivity index (χ1) is 33.2. The fraction of sp³-hybridized carbons (Fsp3) is 0.286. The van der Waals surface area contributed by atoms with Crippen molar-refractivity contribution in [3.8, 4) is 0 Å². The molecule has 0 spiro atoms. The van der Waals surface area contributed by atoms with Crippen LogP contribution in [0.2, 0.25) is 0 Å². The second kappa shape index (κ2) is 30.6. The first-order valence-corrected chi connectivity index (χ1v) is 27.6. The van der Waals surface area contributed by atoms with Gasteiger partial charge in [-0.2, -0.15) is 0 Å². The molecule has 370 valence electrons. The predicted octanol–water partition coefficient (Wildman–Crippen LogP) is 1.19. The van der Waals surface area contributed by atoms with Crippen LogP contribution in [0.15, 0.2) is 202 Å². The Morgan fingerprint density at radius 2 is 0.743 bits per heavy atom. The van der Waals surface area contributed by atoms with Crippen molar-refractivity contribution in [2.45, 2.75) is 39.5 Å². The van der Waals surface area contributed by atoms with Crippen molar-refractivity contribution >= 4 is 69.9 Å². The minimum Gasteiger partial charge on any atom is -1.00 e. The predicted molar refractivity (Wildman–Crippen MR) is 295 cm³/mol. The van der Waals surface area contributed by atoms with Crippen molar-refractivity contribution in [2.24, 2.45) is 54.7 Å². The number of nitrogens with two attached hydrogens (primary N) is 4. The van der Waals surface area contributed by atoms with Gasteiger partial charge in [-0.1, -0.05) is 109 Å². The minimum atomic E-state index is -1.86. The van der Waals surface area contributed by atoms with Crippen molar-refractivity contribution < 1.29 is 43.4 Å². The van der Waals surface area contributed by atoms with Crippen LogP contribution in [0.5, 0.6) is 0 Å². The summed E-state index contributed by atoms with van der Waals surface area (Å²) >= 11 is 0. The van der Waals surface area contributed by atoms with Crippen LogP contribution in [0, 0.1) is 11.8 Å². The summed E-state index contributed by atoms with van der Waals surface area (Å²) in [5.41, 5.74) is 22.6. The van der Waals surface area contributed by atoms with E-state index in [1.165, 1.54) is 63.7 Å². The minimum absolute atomic E-state index is 0. The lowest BCUT2D eigenvalue weighted by atomic mass is 9.83. The average Bonchev–Trinajstić information content (AvgIpc) is 3.37. The van der Waals surface area contributed by atoms with Gasteiger partial charge in [0.05, 0.1) is 57.0 Å². The molecule has 10 nitrogen and oxygen atoms in total. The van der Waals surface area contributed by atoms with Crippen LogP contribution < -0.4 is 88.7 Å². The van der Waals surface area contributed by atoms with Gasteiger partial charge in [0.15, 0.2) is 0 Å². The molecule has 0 aromatic heterocycles. The average molecular weight is 1110 g/mol. The van der Waals surface area contributed by atoms with E-state index in [9.17, 15) is 0 Å². The Labute approximate surface area is 438 Å². The highest BCUT2D eigenvalue weighted by Crippen LogP contribution is 2.58. The Kier molecular flexibility index (Phi) is 25.2. The number of halogens is 2. The number of nitrogens with zero attached hydrogens (tertiary/aromatic N) is 4. The third-order valence-corrected chi connectivity index (χ3v) is 21.2. The molecule has 0 heterocycles. The van der Waals surface area contributed by atoms with E-state index in [0.717, 1.165) is 12.7 Å². The second-order valence-electron chi connectivity index (χ2n) is 17.1. The van der Waals surface area contributed by atoms with Crippen molar-refractivity contribution in [3.63, 3.8) is 0 Å². The molecular formula is C56H70Br2N8O2P2. The van der Waals surface area contributed by atoms with Crippen molar-refractivity contribution in [1.82, 2.24) is 0 Å². The molecule has 0 unspecified atom stereocenters. The van der Waals surface area contributed by atoms with E-state index >= 15 is 0 Å². The fourth-order valence-corrected chi connectivity index (χ4v) is 17.9. The summed E-state index contributed by atoms with van der Waals surface area (Å²) in [6, 6.07) is 66.1. The Morgan fingerprint density at radius 3 is 1.10 bits per heavy atom. The van der Waals surface area contributed by atoms with Crippen LogP contribution >= 0.6 is 14.5 Å². The molecule has 1 fully saturated rings. The summed E-state index contributed by atoms with van der Waals surface area (Å²) < 4.78 is 11.7. The van der Waals surface area contributed by atoms with E-state index in [2.05, 4.69) is 202 Å². The third kappa shape index (κ3) is 16.8. The molecule has 0 radical (unpaired) electrons. The number of rotatable bonds is 19. The molecule has 6 aromatic rings. The number of amidine groups is 2. The van der Waals surface area contributed by atoms with Gasteiger partial charge in [-0.25, -0.2) is 15.0 Å². The maximum Gasteiger partial charge on any atom is 0.217 e. The van der Waals surface area contributed by atoms with Gasteiger partial charge in [0, 0.05) is 6.54 Å². The Balaban J connectivity index is 0.000000296. The van der Waals surface area contributed by atoms with Crippen LogP contribution in [-0.4, -0.2) is 75.4 Å². The van der Waals surface area contributed by atoms with Gasteiger partial charge in [0.25, 0.3) is 0 Å². The maximum atomic E-state index is 6.04. The normalized spacial score (nSPS) is 15.7. The summed E-state index contributed by atoms with van der Waals surface area (Å²) in [7, 11) is -3.63. The van der Waals surface area contributed by atoms with Gasteiger partial charge in [-0.15, -0.1) is 0 Å². The summed E-state index contributed by atoms with van der Waals surface area (Å²) in [5.74, 6) is 2.56. The molecule has 7 rings (SSSR count). The molecule has 0 atom stereocenters. The van der Waals surface area contributed by atoms with Gasteiger partial charge in [-0.05, 0) is 124 Å². The van der Waals surface area contributed by atoms with Crippen molar-refractivity contribution in [1.29, 1.82) is 0 Å². The monoisotopic (exact) mass is 1110 g/mol. The van der Waals surface area contributed by atoms with E-state index in [1.54, 1.807) is 13.8 Å². The van der Waals surface area contributed by atoms with Crippen molar-refractivity contribution in [2.75, 3.05) is 51.8 Å². The molecule has 0 bridgehead atoms. The van der Waals surface area contributed by atoms with E-state index in [0.29, 0.717) is 62.4 Å². The number of aliphatic imine (C=N–C) groups is 4. The highest BCUT2D eigenvalue weighted by Gasteiger charge is 2.47. The molecule has 1 saturated carbocycles. The number of hydrogen-bond acceptors (Lipinski definition) is 4. The number of ether oxygens (including phenoxy) is 2. The van der Waals surface area contributed by atoms with Gasteiger partial charge < -0.3 is 66.4 Å². The first-order valence-electron chi connectivity index (χ1n) is 23.7. The van der Waals surface area contributed by atoms with E-state index in [1.807, 2.05) is 0 Å². The summed E-state index contributed by atoms with van der Waals surface area (Å²) in [6.45, 7) is 6.71. The zero-order valence-electron chi connectivity index (χ0n) is 40.5. The zero-order valence-corrected chi connectivity index (χ0v) is 45.5. The SMILES string of the molecule is CC(N)=NC(N)=NCC1CCC(C[P+](c2ccccc2)(c2ccccc2)c2ccccc2)CC1.CC(N)=NC(N)=NCCOCCOCC[P+](c1ccccc1)(c1ccccc1)c1ccccc1.[Br-].[Br-]. The highest BCUT2D eigenvalue weighted by atomic mass is 79.9. The molecule has 0 amide bonds. The van der Waals surface area contributed by atoms with Crippen LogP contribution in [0.4, 0.5) is 0 Å². The smallest absolute Gasteiger partial charge is 0.217 e. The van der Waals surface area contributed by atoms with Crippen LogP contribution in [0.25, 0.3) is 0 Å². The standard InChI is InChI=1S/C29H36N4P.C27H34N4O2P.2BrH/c1-23(30)33-29(31)32-21-24-17-19-25(20-18-24)22-34(26-11-5-2-6-12-26,27-13-7-3-8-14-27)28-15-9-4-10-16-28;1-23(28)31-27(29)30-17-18-32-19-20-33-21-22-34(24-11-5-2-6-12-24,25-13-7-3-8-14-25)26-15-9-4-10-16-26;;/h2-16,24-25H,17-22H2,1H3,(H4,30,31,32,33);2-16H,17-22H2,1H3,(H4,28,29,30,31);2*1H/q2*+1;;/p-2. The molecule has 1 aliphatic rings. The molecule has 0 saturated heterocycles. The first kappa shape index (κ1) is 57.5. The van der Waals surface area contributed by atoms with E-state index in [-0.39, 0.29) is 39.9 Å². The van der Waals surface area contributed by atoms with Gasteiger partial charge >= 0.3 is 0 Å². The largest absolute Gasteiger partial charge is 1.00 e. The van der Waals surface area contributed by atoms with Crippen LogP contribution in [0.1, 0.15) is 39.5 Å². The van der Waals surface area contributed by atoms with Gasteiger partial charge in [0.2, 0.25) is 11.9 Å². The molecule has 0 aliphatic heterocycles. The molecule has 6 aromatic carbocycles. The zero-order chi connectivity index (χ0) is 47.9. The Hall–Kier alpha value is -5.06. The lowest BCUT2D eigenvalue weighted by Crippen LogP contribution is -3.00. The Bertz CT molecular complexity index is 2300. The second-order valence-corrected chi connectivity index (χ2v) is 24.2. The molecular weight excluding hydrogens is 1040 g/mol. The van der Waals surface area contributed by atoms with Crippen LogP contribution in [0.3, 0.4) is 0 Å². The highest BCUT2D eigenvalue weighted by molar-refractivity contribution is 7.96. The van der Waals surface area contributed by atoms with Crippen LogP contribution in [-0.2, 0) is 9.47 Å². The van der Waals surface area contributed by atoms with Crippen molar-refractivity contribution in [3.05, 3.63) is 182 Å². The van der Waals surface area contributed by atoms with Gasteiger partial charge in [0.1, 0.15) is 46.4 Å². The molecule has 70 heavy (non-hydrogen) atoms. The number of guanidine groups is 2. The molecule has 1 aliphatic carbocycles. The number of hydrogen-bond donors (Lipinski definition) is 4. The Morgan fingerprint density at radius 1 is 0.429 bits per heavy atom. The quantitative estimate of drug-likeness (QED) is 0.0411. The fourth-order valence-electron chi connectivity index (χ4n) is 9.08. The lowest BCUT2D eigenvalue weighted by molar-refractivity contribution is -0.001000. The van der Waals surface area contributed by atoms with E-state index < -0.39 is 14.5 Å². The summed E-state index contributed by atoms with van der Waals surface area (Å²) in [6.07, 6.45) is 6.96. The summed E-state index contributed by atoms with van der Waals surface area (Å²) in [4.78, 5) is 16.5. The number of benzene rings is 6. The molecule has 8 N–H and O–H groups in total. The lowest BCUT2D eigenvalue weighted by Gasteiger charge is -2.34.